The van der Waals surface area contributed by atoms with Gasteiger partial charge in [0.1, 0.15) is 0 Å². The molecule has 0 spiro atoms. The van der Waals surface area contributed by atoms with E-state index in [1.54, 1.807) is 0 Å². The Morgan fingerprint density at radius 3 is 2.94 bits per heavy atom. The first kappa shape index (κ1) is 11.1. The van der Waals surface area contributed by atoms with Crippen LogP contribution >= 0.6 is 0 Å². The van der Waals surface area contributed by atoms with Crippen molar-refractivity contribution in [3.05, 3.63) is 23.5 Å². The lowest BCUT2D eigenvalue weighted by atomic mass is 9.86. The molecular formula is C15H21NO. The highest BCUT2D eigenvalue weighted by Crippen LogP contribution is 2.35. The van der Waals surface area contributed by atoms with Gasteiger partial charge in [0.25, 0.3) is 0 Å². The van der Waals surface area contributed by atoms with Crippen molar-refractivity contribution in [2.24, 2.45) is 5.92 Å². The van der Waals surface area contributed by atoms with Gasteiger partial charge in [-0.05, 0) is 37.7 Å². The van der Waals surface area contributed by atoms with Gasteiger partial charge in [-0.3, -0.25) is 4.79 Å². The van der Waals surface area contributed by atoms with Crippen LogP contribution in [0, 0.1) is 5.92 Å². The zero-order chi connectivity index (χ0) is 11.8. The number of ketones is 1. The van der Waals surface area contributed by atoms with E-state index in [0.29, 0.717) is 11.8 Å². The first-order valence-electron chi connectivity index (χ1n) is 6.98. The zero-order valence-electron chi connectivity index (χ0n) is 10.6. The molecule has 2 heteroatoms. The zero-order valence-corrected chi connectivity index (χ0v) is 10.6. The third-order valence-corrected chi connectivity index (χ3v) is 4.44. The fraction of sp³-hybridized carbons (Fsp3) is 0.667. The van der Waals surface area contributed by atoms with Crippen LogP contribution in [0.2, 0.25) is 0 Å². The monoisotopic (exact) mass is 231 g/mol. The lowest BCUT2D eigenvalue weighted by molar-refractivity contribution is 0.0971. The van der Waals surface area contributed by atoms with Crippen LogP contribution in [0.5, 0.6) is 0 Å². The van der Waals surface area contributed by atoms with Crippen molar-refractivity contribution in [1.82, 2.24) is 4.57 Å². The van der Waals surface area contributed by atoms with E-state index in [4.69, 9.17) is 0 Å². The second-order valence-corrected chi connectivity index (χ2v) is 5.79. The molecule has 0 aromatic carbocycles. The molecule has 0 radical (unpaired) electrons. The SMILES string of the molecule is CC1CCCC(n2ccc3c2CCCC3=O)C1. The van der Waals surface area contributed by atoms with Gasteiger partial charge in [0.15, 0.2) is 5.78 Å². The van der Waals surface area contributed by atoms with E-state index in [-0.39, 0.29) is 0 Å². The van der Waals surface area contributed by atoms with E-state index in [0.717, 1.165) is 30.7 Å². The number of hydrogen-bond acceptors (Lipinski definition) is 1. The fourth-order valence-electron chi connectivity index (χ4n) is 3.55. The lowest BCUT2D eigenvalue weighted by Gasteiger charge is -2.30. The Bertz CT molecular complexity index is 432. The lowest BCUT2D eigenvalue weighted by Crippen LogP contribution is -2.21. The van der Waals surface area contributed by atoms with Crippen LogP contribution in [0.4, 0.5) is 0 Å². The number of hydrogen-bond donors (Lipinski definition) is 0. The van der Waals surface area contributed by atoms with Crippen LogP contribution in [0.3, 0.4) is 0 Å². The van der Waals surface area contributed by atoms with Crippen molar-refractivity contribution in [3.63, 3.8) is 0 Å². The predicted octanol–water partition coefficient (Wildman–Crippen LogP) is 3.76. The summed E-state index contributed by atoms with van der Waals surface area (Å²) >= 11 is 0. The van der Waals surface area contributed by atoms with Crippen molar-refractivity contribution in [3.8, 4) is 0 Å². The highest BCUT2D eigenvalue weighted by molar-refractivity contribution is 5.98. The minimum absolute atomic E-state index is 0.355. The van der Waals surface area contributed by atoms with Crippen LogP contribution in [-0.2, 0) is 6.42 Å². The molecule has 2 aliphatic rings. The number of Topliss-reactive ketones (excluding diaryl/α,β-unsaturated/α-hetero) is 1. The highest BCUT2D eigenvalue weighted by Gasteiger charge is 2.26. The molecule has 92 valence electrons. The number of nitrogens with zero attached hydrogens (tertiary/aromatic N) is 1. The maximum Gasteiger partial charge on any atom is 0.164 e. The van der Waals surface area contributed by atoms with Gasteiger partial charge in [-0.2, -0.15) is 0 Å². The molecular weight excluding hydrogens is 210 g/mol. The van der Waals surface area contributed by atoms with E-state index in [9.17, 15) is 4.79 Å². The number of rotatable bonds is 1. The number of aromatic nitrogens is 1. The van der Waals surface area contributed by atoms with Gasteiger partial charge in [0.2, 0.25) is 0 Å². The average Bonchev–Trinajstić information content (AvgIpc) is 2.74. The van der Waals surface area contributed by atoms with Gasteiger partial charge in [0, 0.05) is 29.9 Å². The summed E-state index contributed by atoms with van der Waals surface area (Å²) in [5.41, 5.74) is 2.33. The Morgan fingerprint density at radius 1 is 1.24 bits per heavy atom. The average molecular weight is 231 g/mol. The maximum absolute atomic E-state index is 11.8. The van der Waals surface area contributed by atoms with Crippen LogP contribution in [0.15, 0.2) is 12.3 Å². The summed E-state index contributed by atoms with van der Waals surface area (Å²) in [6.45, 7) is 2.35. The third-order valence-electron chi connectivity index (χ3n) is 4.44. The van der Waals surface area contributed by atoms with Gasteiger partial charge in [-0.1, -0.05) is 19.8 Å². The first-order chi connectivity index (χ1) is 8.25. The van der Waals surface area contributed by atoms with Crippen LogP contribution in [0.1, 0.15) is 67.5 Å². The quantitative estimate of drug-likeness (QED) is 0.721. The molecule has 1 heterocycles. The van der Waals surface area contributed by atoms with Crippen molar-refractivity contribution >= 4 is 5.78 Å². The van der Waals surface area contributed by atoms with E-state index >= 15 is 0 Å². The molecule has 3 rings (SSSR count). The Kier molecular flexibility index (Phi) is 2.81. The van der Waals surface area contributed by atoms with Crippen molar-refractivity contribution in [2.45, 2.75) is 57.9 Å². The summed E-state index contributed by atoms with van der Waals surface area (Å²) in [4.78, 5) is 11.8. The van der Waals surface area contributed by atoms with E-state index in [2.05, 4.69) is 23.8 Å². The highest BCUT2D eigenvalue weighted by atomic mass is 16.1. The topological polar surface area (TPSA) is 22.0 Å². The Hall–Kier alpha value is -1.05. The molecule has 1 saturated carbocycles. The van der Waals surface area contributed by atoms with Crippen LogP contribution in [-0.4, -0.2) is 10.4 Å². The molecule has 2 aliphatic carbocycles. The smallest absolute Gasteiger partial charge is 0.164 e. The fourth-order valence-corrected chi connectivity index (χ4v) is 3.55. The molecule has 1 fully saturated rings. The third kappa shape index (κ3) is 1.94. The summed E-state index contributed by atoms with van der Waals surface area (Å²) in [6, 6.07) is 2.70. The molecule has 1 aromatic rings. The van der Waals surface area contributed by atoms with Gasteiger partial charge in [0.05, 0.1) is 0 Å². The van der Waals surface area contributed by atoms with Gasteiger partial charge in [-0.25, -0.2) is 0 Å². The largest absolute Gasteiger partial charge is 0.348 e. The molecule has 1 aromatic heterocycles. The van der Waals surface area contributed by atoms with Gasteiger partial charge >= 0.3 is 0 Å². The molecule has 0 N–H and O–H groups in total. The molecule has 0 amide bonds. The van der Waals surface area contributed by atoms with Crippen molar-refractivity contribution in [1.29, 1.82) is 0 Å². The minimum atomic E-state index is 0.355. The van der Waals surface area contributed by atoms with Gasteiger partial charge in [-0.15, -0.1) is 0 Å². The molecule has 2 atom stereocenters. The molecule has 2 unspecified atom stereocenters. The molecule has 17 heavy (non-hydrogen) atoms. The minimum Gasteiger partial charge on any atom is -0.348 e. The predicted molar refractivity (Wildman–Crippen MR) is 68.4 cm³/mol. The number of carbonyl (C=O) groups is 1. The second-order valence-electron chi connectivity index (χ2n) is 5.79. The standard InChI is InChI=1S/C15H21NO/c1-11-4-2-5-12(10-11)16-9-8-13-14(16)6-3-7-15(13)17/h8-9,11-12H,2-7,10H2,1H3. The normalized spacial score (nSPS) is 29.1. The van der Waals surface area contributed by atoms with E-state index in [1.165, 1.54) is 31.4 Å². The Morgan fingerprint density at radius 2 is 2.12 bits per heavy atom. The van der Waals surface area contributed by atoms with Crippen LogP contribution in [0.25, 0.3) is 0 Å². The molecule has 2 nitrogen and oxygen atoms in total. The van der Waals surface area contributed by atoms with Crippen LogP contribution < -0.4 is 0 Å². The summed E-state index contributed by atoms with van der Waals surface area (Å²) < 4.78 is 2.42. The van der Waals surface area contributed by atoms with Crippen molar-refractivity contribution < 1.29 is 4.79 Å². The second kappa shape index (κ2) is 4.32. The summed E-state index contributed by atoms with van der Waals surface area (Å²) in [5, 5.41) is 0. The van der Waals surface area contributed by atoms with Crippen molar-refractivity contribution in [2.75, 3.05) is 0 Å². The van der Waals surface area contributed by atoms with E-state index < -0.39 is 0 Å². The first-order valence-corrected chi connectivity index (χ1v) is 6.98. The Balaban J connectivity index is 1.90. The summed E-state index contributed by atoms with van der Waals surface area (Å²) in [5.74, 6) is 1.19. The summed E-state index contributed by atoms with van der Waals surface area (Å²) in [7, 11) is 0. The molecule has 0 aliphatic heterocycles. The number of fused-ring (bicyclic) bond motifs is 1. The Labute approximate surface area is 103 Å². The number of carbonyl (C=O) groups excluding carboxylic acids is 1. The molecule has 0 bridgehead atoms. The summed E-state index contributed by atoms with van der Waals surface area (Å²) in [6.07, 6.45) is 10.3. The maximum atomic E-state index is 11.8. The molecule has 0 saturated heterocycles. The van der Waals surface area contributed by atoms with Gasteiger partial charge < -0.3 is 4.57 Å². The van der Waals surface area contributed by atoms with E-state index in [1.807, 2.05) is 0 Å².